The van der Waals surface area contributed by atoms with Gasteiger partial charge in [0.2, 0.25) is 17.6 Å². The second kappa shape index (κ2) is 10.3. The minimum Gasteiger partial charge on any atom is -0.345 e. The van der Waals surface area contributed by atoms with Crippen LogP contribution >= 0.6 is 11.3 Å². The maximum Gasteiger partial charge on any atom is 0.241 e. The lowest BCUT2D eigenvalue weighted by Crippen LogP contribution is -2.41. The first-order valence-corrected chi connectivity index (χ1v) is 12.5. The van der Waals surface area contributed by atoms with Gasteiger partial charge in [-0.15, -0.1) is 11.3 Å². The summed E-state index contributed by atoms with van der Waals surface area (Å²) >= 11 is 1.60. The van der Waals surface area contributed by atoms with E-state index in [4.69, 9.17) is 4.52 Å². The molecule has 174 valence electrons. The Morgan fingerprint density at radius 3 is 2.59 bits per heavy atom. The van der Waals surface area contributed by atoms with Crippen LogP contribution in [0, 0.1) is 12.8 Å². The van der Waals surface area contributed by atoms with Crippen LogP contribution in [0.3, 0.4) is 0 Å². The Bertz CT molecular complexity index is 1210. The van der Waals surface area contributed by atoms with E-state index in [0.717, 1.165) is 41.9 Å². The predicted molar refractivity (Wildman–Crippen MR) is 133 cm³/mol. The number of carbonyl (C=O) groups is 1. The number of thiophene rings is 1. The van der Waals surface area contributed by atoms with Gasteiger partial charge in [0, 0.05) is 5.92 Å². The highest BCUT2D eigenvalue weighted by Gasteiger charge is 2.28. The number of likely N-dealkylation sites (tertiary alicyclic amines) is 1. The first-order chi connectivity index (χ1) is 16.7. The summed E-state index contributed by atoms with van der Waals surface area (Å²) in [7, 11) is 0. The molecule has 6 nitrogen and oxygen atoms in total. The minimum absolute atomic E-state index is 0.00385. The first-order valence-electron chi connectivity index (χ1n) is 11.7. The molecular weight excluding hydrogens is 444 g/mol. The fourth-order valence-corrected chi connectivity index (χ4v) is 5.18. The number of carbonyl (C=O) groups excluding carboxylic acids is 1. The fourth-order valence-electron chi connectivity index (χ4n) is 4.53. The van der Waals surface area contributed by atoms with E-state index < -0.39 is 0 Å². The molecular formula is C27H28N4O2S. The number of hydrogen-bond acceptors (Lipinski definition) is 6. The van der Waals surface area contributed by atoms with Gasteiger partial charge in [-0.05, 0) is 61.0 Å². The first kappa shape index (κ1) is 22.5. The van der Waals surface area contributed by atoms with Gasteiger partial charge in [0.25, 0.3) is 0 Å². The van der Waals surface area contributed by atoms with E-state index in [1.807, 2.05) is 47.8 Å². The molecule has 2 aromatic carbocycles. The number of aryl methyl sites for hydroxylation is 1. The summed E-state index contributed by atoms with van der Waals surface area (Å²) in [6.07, 6.45) is 1.63. The number of nitrogens with one attached hydrogen (secondary N) is 1. The topological polar surface area (TPSA) is 71.3 Å². The zero-order valence-corrected chi connectivity index (χ0v) is 20.0. The van der Waals surface area contributed by atoms with Crippen molar-refractivity contribution in [2.75, 3.05) is 13.1 Å². The molecule has 7 heteroatoms. The number of amides is 1. The molecule has 2 aromatic heterocycles. The summed E-state index contributed by atoms with van der Waals surface area (Å²) in [5.74, 6) is 1.38. The number of aromatic nitrogens is 2. The highest BCUT2D eigenvalue weighted by molar-refractivity contribution is 7.13. The SMILES string of the molecule is Cc1ccccc1C(NC(=O)C1CCN(Cc2nc(-c3cccs3)no2)CC1)c1ccccc1. The van der Waals surface area contributed by atoms with Crippen LogP contribution in [0.4, 0.5) is 0 Å². The average Bonchev–Trinajstić information content (AvgIpc) is 3.56. The molecule has 1 aliphatic rings. The molecule has 0 radical (unpaired) electrons. The summed E-state index contributed by atoms with van der Waals surface area (Å²) in [4.78, 5) is 21.1. The lowest BCUT2D eigenvalue weighted by molar-refractivity contribution is -0.127. The van der Waals surface area contributed by atoms with Gasteiger partial charge in [-0.25, -0.2) is 0 Å². The third kappa shape index (κ3) is 5.11. The van der Waals surface area contributed by atoms with E-state index in [0.29, 0.717) is 18.3 Å². The average molecular weight is 473 g/mol. The van der Waals surface area contributed by atoms with Crippen molar-refractivity contribution < 1.29 is 9.32 Å². The number of rotatable bonds is 7. The van der Waals surface area contributed by atoms with Crippen LogP contribution in [0.1, 0.15) is 41.5 Å². The summed E-state index contributed by atoms with van der Waals surface area (Å²) in [6, 6.07) is 22.3. The number of hydrogen-bond donors (Lipinski definition) is 1. The molecule has 1 aliphatic heterocycles. The molecule has 0 aliphatic carbocycles. The van der Waals surface area contributed by atoms with E-state index in [1.165, 1.54) is 5.56 Å². The summed E-state index contributed by atoms with van der Waals surface area (Å²) in [6.45, 7) is 4.37. The summed E-state index contributed by atoms with van der Waals surface area (Å²) in [5, 5.41) is 9.45. The third-order valence-electron chi connectivity index (χ3n) is 6.45. The molecule has 1 fully saturated rings. The smallest absolute Gasteiger partial charge is 0.241 e. The molecule has 1 atom stereocenters. The van der Waals surface area contributed by atoms with Crippen molar-refractivity contribution in [3.05, 3.63) is 94.7 Å². The molecule has 1 N–H and O–H groups in total. The van der Waals surface area contributed by atoms with Gasteiger partial charge in [-0.3, -0.25) is 9.69 Å². The molecule has 1 amide bonds. The Hall–Kier alpha value is -3.29. The molecule has 1 saturated heterocycles. The Morgan fingerprint density at radius 2 is 1.85 bits per heavy atom. The zero-order valence-electron chi connectivity index (χ0n) is 19.2. The normalized spacial score (nSPS) is 15.8. The Balaban J connectivity index is 1.20. The van der Waals surface area contributed by atoms with Gasteiger partial charge in [0.15, 0.2) is 0 Å². The minimum atomic E-state index is -0.151. The predicted octanol–water partition coefficient (Wildman–Crippen LogP) is 5.22. The lowest BCUT2D eigenvalue weighted by atomic mass is 9.92. The van der Waals surface area contributed by atoms with Crippen molar-refractivity contribution in [1.29, 1.82) is 0 Å². The van der Waals surface area contributed by atoms with Crippen LogP contribution in [-0.2, 0) is 11.3 Å². The van der Waals surface area contributed by atoms with Gasteiger partial charge in [-0.1, -0.05) is 65.8 Å². The second-order valence-electron chi connectivity index (χ2n) is 8.75. The molecule has 34 heavy (non-hydrogen) atoms. The van der Waals surface area contributed by atoms with Crippen molar-refractivity contribution in [3.8, 4) is 10.7 Å². The standard InChI is InChI=1S/C27H28N4O2S/c1-19-8-5-6-11-22(19)25(20-9-3-2-4-10-20)29-27(32)21-13-15-31(16-14-21)18-24-28-26(30-33-24)23-12-7-17-34-23/h2-12,17,21,25H,13-16,18H2,1H3,(H,29,32). The van der Waals surface area contributed by atoms with Gasteiger partial charge in [0.05, 0.1) is 17.5 Å². The number of benzene rings is 2. The van der Waals surface area contributed by atoms with Crippen LogP contribution in [0.15, 0.2) is 76.6 Å². The molecule has 5 rings (SSSR count). The van der Waals surface area contributed by atoms with Crippen LogP contribution in [0.2, 0.25) is 0 Å². The van der Waals surface area contributed by atoms with Crippen LogP contribution in [-0.4, -0.2) is 34.0 Å². The largest absolute Gasteiger partial charge is 0.345 e. The highest BCUT2D eigenvalue weighted by Crippen LogP contribution is 2.27. The Kier molecular flexibility index (Phi) is 6.83. The monoisotopic (exact) mass is 472 g/mol. The van der Waals surface area contributed by atoms with Crippen LogP contribution in [0.5, 0.6) is 0 Å². The van der Waals surface area contributed by atoms with E-state index in [-0.39, 0.29) is 17.9 Å². The van der Waals surface area contributed by atoms with Gasteiger partial charge < -0.3 is 9.84 Å². The van der Waals surface area contributed by atoms with Crippen molar-refractivity contribution in [2.45, 2.75) is 32.4 Å². The molecule has 0 bridgehead atoms. The van der Waals surface area contributed by atoms with Gasteiger partial charge >= 0.3 is 0 Å². The van der Waals surface area contributed by atoms with Crippen LogP contribution in [0.25, 0.3) is 10.7 Å². The highest BCUT2D eigenvalue weighted by atomic mass is 32.1. The fraction of sp³-hybridized carbons (Fsp3) is 0.296. The second-order valence-corrected chi connectivity index (χ2v) is 9.70. The molecule has 0 spiro atoms. The molecule has 0 saturated carbocycles. The Labute approximate surface area is 203 Å². The number of nitrogens with zero attached hydrogens (tertiary/aromatic N) is 3. The van der Waals surface area contributed by atoms with E-state index in [2.05, 4.69) is 51.5 Å². The van der Waals surface area contributed by atoms with Gasteiger partial charge in [0.1, 0.15) is 0 Å². The summed E-state index contributed by atoms with van der Waals surface area (Å²) in [5.41, 5.74) is 3.41. The maximum atomic E-state index is 13.3. The molecule has 3 heterocycles. The maximum absolute atomic E-state index is 13.3. The van der Waals surface area contributed by atoms with Crippen molar-refractivity contribution in [1.82, 2.24) is 20.4 Å². The van der Waals surface area contributed by atoms with Crippen molar-refractivity contribution in [2.24, 2.45) is 5.92 Å². The third-order valence-corrected chi connectivity index (χ3v) is 7.31. The van der Waals surface area contributed by atoms with E-state index in [9.17, 15) is 4.79 Å². The van der Waals surface area contributed by atoms with Crippen LogP contribution < -0.4 is 5.32 Å². The quantitative estimate of drug-likeness (QED) is 0.399. The van der Waals surface area contributed by atoms with Gasteiger partial charge in [-0.2, -0.15) is 4.98 Å². The molecule has 1 unspecified atom stereocenters. The Morgan fingerprint density at radius 1 is 1.09 bits per heavy atom. The van der Waals surface area contributed by atoms with E-state index in [1.54, 1.807) is 11.3 Å². The number of piperidine rings is 1. The summed E-state index contributed by atoms with van der Waals surface area (Å²) < 4.78 is 5.45. The zero-order chi connectivity index (χ0) is 23.3. The van der Waals surface area contributed by atoms with Crippen molar-refractivity contribution in [3.63, 3.8) is 0 Å². The lowest BCUT2D eigenvalue weighted by Gasteiger charge is -2.31. The van der Waals surface area contributed by atoms with E-state index >= 15 is 0 Å². The van der Waals surface area contributed by atoms with Crippen molar-refractivity contribution >= 4 is 17.2 Å². The molecule has 4 aromatic rings.